The molecule has 1 unspecified atom stereocenters. The summed E-state index contributed by atoms with van der Waals surface area (Å²) in [7, 11) is 1.54. The van der Waals surface area contributed by atoms with E-state index in [9.17, 15) is 9.90 Å². The molecule has 1 heterocycles. The van der Waals surface area contributed by atoms with Crippen molar-refractivity contribution in [3.63, 3.8) is 0 Å². The summed E-state index contributed by atoms with van der Waals surface area (Å²) in [6.45, 7) is 0.880. The molecule has 1 aromatic heterocycles. The zero-order chi connectivity index (χ0) is 11.1. The predicted octanol–water partition coefficient (Wildman–Crippen LogP) is -0.421. The van der Waals surface area contributed by atoms with Crippen LogP contribution in [-0.2, 0) is 4.74 Å². The van der Waals surface area contributed by atoms with E-state index in [4.69, 9.17) is 4.74 Å². The summed E-state index contributed by atoms with van der Waals surface area (Å²) < 4.78 is 4.78. The van der Waals surface area contributed by atoms with Gasteiger partial charge in [-0.25, -0.2) is 5.10 Å². The van der Waals surface area contributed by atoms with Crippen LogP contribution in [0.25, 0.3) is 0 Å². The van der Waals surface area contributed by atoms with Crippen molar-refractivity contribution in [1.29, 1.82) is 0 Å². The maximum Gasteiger partial charge on any atom is 0.266 e. The lowest BCUT2D eigenvalue weighted by Crippen LogP contribution is -2.19. The highest BCUT2D eigenvalue weighted by molar-refractivity contribution is 5.38. The van der Waals surface area contributed by atoms with E-state index in [1.807, 2.05) is 0 Å². The molecule has 0 aliphatic heterocycles. The minimum Gasteiger partial charge on any atom is -0.391 e. The molecule has 0 radical (unpaired) electrons. The molecule has 6 heteroatoms. The molecule has 1 aromatic rings. The average Bonchev–Trinajstić information content (AvgIpc) is 2.18. The fourth-order valence-electron chi connectivity index (χ4n) is 1.13. The van der Waals surface area contributed by atoms with Crippen LogP contribution in [0, 0.1) is 0 Å². The second kappa shape index (κ2) is 6.15. The van der Waals surface area contributed by atoms with Crippen LogP contribution in [0.1, 0.15) is 6.42 Å². The Bertz CT molecular complexity index is 339. The zero-order valence-corrected chi connectivity index (χ0v) is 8.56. The average molecular weight is 213 g/mol. The molecule has 0 bridgehead atoms. The molecule has 0 aliphatic carbocycles. The van der Waals surface area contributed by atoms with Crippen molar-refractivity contribution in [3.8, 4) is 0 Å². The van der Waals surface area contributed by atoms with Crippen LogP contribution in [0.3, 0.4) is 0 Å². The molecule has 84 valence electrons. The van der Waals surface area contributed by atoms with Gasteiger partial charge in [0.25, 0.3) is 5.56 Å². The maximum atomic E-state index is 10.9. The van der Waals surface area contributed by atoms with Gasteiger partial charge >= 0.3 is 0 Å². The number of rotatable bonds is 6. The van der Waals surface area contributed by atoms with Gasteiger partial charge in [0.05, 0.1) is 24.6 Å². The second-order valence-electron chi connectivity index (χ2n) is 3.16. The Balaban J connectivity index is 2.28. The molecular weight excluding hydrogens is 198 g/mol. The van der Waals surface area contributed by atoms with E-state index in [1.165, 1.54) is 19.4 Å². The number of hydrogen-bond acceptors (Lipinski definition) is 5. The zero-order valence-electron chi connectivity index (χ0n) is 8.56. The Labute approximate surface area is 87.3 Å². The van der Waals surface area contributed by atoms with Gasteiger partial charge in [-0.1, -0.05) is 0 Å². The first-order valence-electron chi connectivity index (χ1n) is 4.68. The highest BCUT2D eigenvalue weighted by Crippen LogP contribution is 2.00. The first-order valence-corrected chi connectivity index (χ1v) is 4.68. The lowest BCUT2D eigenvalue weighted by molar-refractivity contribution is 0.0615. The standard InChI is InChI=1S/C9H15N3O3/c1-15-6-8(13)2-3-10-7-4-9(14)12-11-5-7/h4-5,8,13H,2-3,6H2,1H3,(H2,10,12,14). The van der Waals surface area contributed by atoms with Crippen molar-refractivity contribution in [2.75, 3.05) is 25.6 Å². The van der Waals surface area contributed by atoms with Crippen molar-refractivity contribution in [2.24, 2.45) is 0 Å². The molecule has 0 spiro atoms. The summed E-state index contributed by atoms with van der Waals surface area (Å²) in [6, 6.07) is 1.41. The largest absolute Gasteiger partial charge is 0.391 e. The van der Waals surface area contributed by atoms with E-state index in [0.717, 1.165) is 0 Å². The fourth-order valence-corrected chi connectivity index (χ4v) is 1.13. The Hall–Kier alpha value is -1.40. The van der Waals surface area contributed by atoms with Crippen LogP contribution < -0.4 is 10.9 Å². The number of anilines is 1. The molecule has 0 aromatic carbocycles. The minimum atomic E-state index is -0.488. The molecule has 1 rings (SSSR count). The van der Waals surface area contributed by atoms with Gasteiger partial charge in [0.1, 0.15) is 0 Å². The number of ether oxygens (including phenoxy) is 1. The molecule has 0 saturated heterocycles. The molecule has 0 amide bonds. The van der Waals surface area contributed by atoms with Gasteiger partial charge in [-0.15, -0.1) is 0 Å². The molecule has 3 N–H and O–H groups in total. The molecular formula is C9H15N3O3. The van der Waals surface area contributed by atoms with E-state index in [0.29, 0.717) is 25.3 Å². The smallest absolute Gasteiger partial charge is 0.266 e. The van der Waals surface area contributed by atoms with E-state index in [2.05, 4.69) is 15.5 Å². The molecule has 0 aliphatic rings. The summed E-state index contributed by atoms with van der Waals surface area (Å²) in [5, 5.41) is 18.2. The lowest BCUT2D eigenvalue weighted by Gasteiger charge is -2.10. The van der Waals surface area contributed by atoms with Crippen LogP contribution in [-0.4, -0.2) is 41.7 Å². The first-order chi connectivity index (χ1) is 7.22. The Morgan fingerprint density at radius 2 is 2.53 bits per heavy atom. The number of aromatic nitrogens is 2. The molecule has 15 heavy (non-hydrogen) atoms. The van der Waals surface area contributed by atoms with E-state index < -0.39 is 6.10 Å². The van der Waals surface area contributed by atoms with E-state index in [1.54, 1.807) is 0 Å². The van der Waals surface area contributed by atoms with Crippen molar-refractivity contribution in [1.82, 2.24) is 10.2 Å². The van der Waals surface area contributed by atoms with Crippen LogP contribution in [0.4, 0.5) is 5.69 Å². The van der Waals surface area contributed by atoms with Crippen LogP contribution in [0.2, 0.25) is 0 Å². The van der Waals surface area contributed by atoms with Crippen molar-refractivity contribution in [3.05, 3.63) is 22.6 Å². The fraction of sp³-hybridized carbons (Fsp3) is 0.556. The quantitative estimate of drug-likeness (QED) is 0.597. The third-order valence-corrected chi connectivity index (χ3v) is 1.83. The van der Waals surface area contributed by atoms with E-state index in [-0.39, 0.29) is 5.56 Å². The summed E-state index contributed by atoms with van der Waals surface area (Å²) in [4.78, 5) is 10.9. The Morgan fingerprint density at radius 3 is 3.20 bits per heavy atom. The highest BCUT2D eigenvalue weighted by Gasteiger charge is 2.02. The molecule has 0 saturated carbocycles. The number of nitrogens with zero attached hydrogens (tertiary/aromatic N) is 1. The first kappa shape index (κ1) is 11.7. The van der Waals surface area contributed by atoms with Gasteiger partial charge in [0.15, 0.2) is 0 Å². The van der Waals surface area contributed by atoms with Gasteiger partial charge in [0, 0.05) is 19.7 Å². The van der Waals surface area contributed by atoms with Gasteiger partial charge in [0.2, 0.25) is 0 Å². The summed E-state index contributed by atoms with van der Waals surface area (Å²) >= 11 is 0. The monoisotopic (exact) mass is 213 g/mol. The number of aliphatic hydroxyl groups excluding tert-OH is 1. The molecule has 6 nitrogen and oxygen atoms in total. The third kappa shape index (κ3) is 4.57. The predicted molar refractivity (Wildman–Crippen MR) is 55.8 cm³/mol. The van der Waals surface area contributed by atoms with Gasteiger partial charge in [-0.3, -0.25) is 4.79 Å². The Kier molecular flexibility index (Phi) is 4.79. The molecule has 0 fully saturated rings. The summed E-state index contributed by atoms with van der Waals surface area (Å²) in [5.41, 5.74) is 0.390. The number of aliphatic hydroxyl groups is 1. The minimum absolute atomic E-state index is 0.252. The lowest BCUT2D eigenvalue weighted by atomic mass is 10.2. The topological polar surface area (TPSA) is 87.2 Å². The third-order valence-electron chi connectivity index (χ3n) is 1.83. The number of aromatic amines is 1. The second-order valence-corrected chi connectivity index (χ2v) is 3.16. The number of H-pyrrole nitrogens is 1. The number of hydrogen-bond donors (Lipinski definition) is 3. The highest BCUT2D eigenvalue weighted by atomic mass is 16.5. The number of methoxy groups -OCH3 is 1. The van der Waals surface area contributed by atoms with Crippen molar-refractivity contribution in [2.45, 2.75) is 12.5 Å². The molecule has 1 atom stereocenters. The summed E-state index contributed by atoms with van der Waals surface area (Å²) in [5.74, 6) is 0. The van der Waals surface area contributed by atoms with Gasteiger partial charge < -0.3 is 15.2 Å². The van der Waals surface area contributed by atoms with Crippen molar-refractivity contribution >= 4 is 5.69 Å². The Morgan fingerprint density at radius 1 is 1.73 bits per heavy atom. The SMILES string of the molecule is COCC(O)CCNc1cn[nH]c(=O)c1. The van der Waals surface area contributed by atoms with Crippen LogP contribution in [0.5, 0.6) is 0 Å². The van der Waals surface area contributed by atoms with Gasteiger partial charge in [-0.05, 0) is 6.42 Å². The van der Waals surface area contributed by atoms with Crippen LogP contribution >= 0.6 is 0 Å². The van der Waals surface area contributed by atoms with Crippen LogP contribution in [0.15, 0.2) is 17.1 Å². The van der Waals surface area contributed by atoms with Crippen molar-refractivity contribution < 1.29 is 9.84 Å². The normalized spacial score (nSPS) is 12.4. The number of nitrogens with one attached hydrogen (secondary N) is 2. The summed E-state index contributed by atoms with van der Waals surface area (Å²) in [6.07, 6.45) is 1.59. The van der Waals surface area contributed by atoms with Gasteiger partial charge in [-0.2, -0.15) is 5.10 Å². The maximum absolute atomic E-state index is 10.9. The van der Waals surface area contributed by atoms with E-state index >= 15 is 0 Å².